The Hall–Kier alpha value is -0.940. The van der Waals surface area contributed by atoms with Gasteiger partial charge in [-0.25, -0.2) is 8.78 Å². The smallest absolute Gasteiger partial charge is 0.164 e. The van der Waals surface area contributed by atoms with Crippen LogP contribution in [0.2, 0.25) is 0 Å². The van der Waals surface area contributed by atoms with Gasteiger partial charge in [0.2, 0.25) is 0 Å². The predicted molar refractivity (Wildman–Crippen MR) is 73.7 cm³/mol. The van der Waals surface area contributed by atoms with Crippen LogP contribution in [0.25, 0.3) is 0 Å². The van der Waals surface area contributed by atoms with Crippen LogP contribution in [0.4, 0.5) is 8.78 Å². The summed E-state index contributed by atoms with van der Waals surface area (Å²) in [7, 11) is 0. The van der Waals surface area contributed by atoms with Gasteiger partial charge in [0, 0.05) is 36.9 Å². The van der Waals surface area contributed by atoms with Gasteiger partial charge >= 0.3 is 0 Å². The molecule has 0 aliphatic carbocycles. The number of carbonyl (C=O) groups is 1. The van der Waals surface area contributed by atoms with Gasteiger partial charge in [-0.3, -0.25) is 4.79 Å². The largest absolute Gasteiger partial charge is 0.302 e. The second-order valence-corrected chi connectivity index (χ2v) is 5.86. The van der Waals surface area contributed by atoms with Gasteiger partial charge in [0.15, 0.2) is 5.78 Å². The Kier molecular flexibility index (Phi) is 5.34. The molecular formula is C14H17F2NOS. The molecule has 0 saturated carbocycles. The molecule has 0 radical (unpaired) electrons. The minimum absolute atomic E-state index is 0.127. The molecule has 1 heterocycles. The van der Waals surface area contributed by atoms with Crippen molar-refractivity contribution in [3.63, 3.8) is 0 Å². The number of Topliss-reactive ketones (excluding diaryl/α,β-unsaturated/α-hetero) is 1. The van der Waals surface area contributed by atoms with Crippen LogP contribution in [0.5, 0.6) is 0 Å². The van der Waals surface area contributed by atoms with Crippen molar-refractivity contribution in [2.24, 2.45) is 0 Å². The number of benzene rings is 1. The number of hydrogen-bond acceptors (Lipinski definition) is 3. The van der Waals surface area contributed by atoms with Gasteiger partial charge in [-0.05, 0) is 30.9 Å². The summed E-state index contributed by atoms with van der Waals surface area (Å²) in [6, 6.07) is 2.98. The van der Waals surface area contributed by atoms with Gasteiger partial charge < -0.3 is 4.90 Å². The van der Waals surface area contributed by atoms with Gasteiger partial charge in [0.1, 0.15) is 11.6 Å². The summed E-state index contributed by atoms with van der Waals surface area (Å²) in [5.74, 6) is 0.654. The molecule has 0 N–H and O–H groups in total. The Balaban J connectivity index is 1.89. The molecule has 0 unspecified atom stereocenters. The summed E-state index contributed by atoms with van der Waals surface area (Å²) in [4.78, 5) is 14.2. The number of carbonyl (C=O) groups excluding carboxylic acids is 1. The first-order valence-corrected chi connectivity index (χ1v) is 7.60. The van der Waals surface area contributed by atoms with Crippen molar-refractivity contribution < 1.29 is 13.6 Å². The Morgan fingerprint density at radius 3 is 2.63 bits per heavy atom. The lowest BCUT2D eigenvalue weighted by Gasteiger charge is -2.18. The first-order valence-electron chi connectivity index (χ1n) is 6.44. The van der Waals surface area contributed by atoms with Gasteiger partial charge in [0.05, 0.1) is 0 Å². The summed E-state index contributed by atoms with van der Waals surface area (Å²) in [6.07, 6.45) is 1.45. The summed E-state index contributed by atoms with van der Waals surface area (Å²) in [6.45, 7) is 2.64. The van der Waals surface area contributed by atoms with E-state index in [1.54, 1.807) is 0 Å². The maximum Gasteiger partial charge on any atom is 0.164 e. The van der Waals surface area contributed by atoms with E-state index >= 15 is 0 Å². The fourth-order valence-electron chi connectivity index (χ4n) is 2.14. The van der Waals surface area contributed by atoms with Gasteiger partial charge in [0.25, 0.3) is 0 Å². The van der Waals surface area contributed by atoms with Crippen molar-refractivity contribution in [1.29, 1.82) is 0 Å². The molecule has 0 atom stereocenters. The first-order chi connectivity index (χ1) is 9.15. The van der Waals surface area contributed by atoms with E-state index < -0.39 is 11.6 Å². The molecule has 1 aliphatic rings. The lowest BCUT2D eigenvalue weighted by Crippen LogP contribution is -2.28. The Bertz CT molecular complexity index is 425. The zero-order valence-corrected chi connectivity index (χ0v) is 11.5. The van der Waals surface area contributed by atoms with Gasteiger partial charge in [-0.15, -0.1) is 0 Å². The molecule has 0 aromatic heterocycles. The van der Waals surface area contributed by atoms with Crippen molar-refractivity contribution in [3.05, 3.63) is 35.4 Å². The number of thioether (sulfide) groups is 1. The highest BCUT2D eigenvalue weighted by Gasteiger charge is 2.13. The number of nitrogens with zero attached hydrogens (tertiary/aromatic N) is 1. The van der Waals surface area contributed by atoms with Crippen molar-refractivity contribution in [3.8, 4) is 0 Å². The first kappa shape index (κ1) is 14.5. The van der Waals surface area contributed by atoms with E-state index in [1.807, 2.05) is 11.8 Å². The Morgan fingerprint density at radius 1 is 1.16 bits per heavy atom. The zero-order valence-electron chi connectivity index (χ0n) is 10.7. The quantitative estimate of drug-likeness (QED) is 0.793. The van der Waals surface area contributed by atoms with Crippen molar-refractivity contribution in [2.45, 2.75) is 12.8 Å². The molecule has 1 fully saturated rings. The van der Waals surface area contributed by atoms with Crippen LogP contribution in [-0.2, 0) is 0 Å². The molecule has 1 aliphatic heterocycles. The lowest BCUT2D eigenvalue weighted by molar-refractivity contribution is 0.0965. The normalized spacial score (nSPS) is 17.2. The van der Waals surface area contributed by atoms with Crippen molar-refractivity contribution in [1.82, 2.24) is 4.90 Å². The van der Waals surface area contributed by atoms with E-state index in [2.05, 4.69) is 4.90 Å². The van der Waals surface area contributed by atoms with Crippen LogP contribution < -0.4 is 0 Å². The van der Waals surface area contributed by atoms with Crippen molar-refractivity contribution >= 4 is 17.5 Å². The molecule has 2 rings (SSSR count). The van der Waals surface area contributed by atoms with Crippen LogP contribution in [0.1, 0.15) is 23.2 Å². The van der Waals surface area contributed by atoms with Gasteiger partial charge in [-0.2, -0.15) is 11.8 Å². The van der Waals surface area contributed by atoms with E-state index in [0.29, 0.717) is 13.0 Å². The fraction of sp³-hybridized carbons (Fsp3) is 0.500. The molecule has 5 heteroatoms. The molecule has 1 aromatic rings. The minimum Gasteiger partial charge on any atom is -0.302 e. The second-order valence-electron chi connectivity index (χ2n) is 4.64. The van der Waals surface area contributed by atoms with E-state index in [9.17, 15) is 13.6 Å². The van der Waals surface area contributed by atoms with E-state index in [-0.39, 0.29) is 11.3 Å². The average molecular weight is 285 g/mol. The minimum atomic E-state index is -0.700. The Morgan fingerprint density at radius 2 is 1.89 bits per heavy atom. The summed E-state index contributed by atoms with van der Waals surface area (Å²) < 4.78 is 26.1. The molecule has 19 heavy (non-hydrogen) atoms. The average Bonchev–Trinajstić information content (AvgIpc) is 2.63. The third kappa shape index (κ3) is 4.58. The van der Waals surface area contributed by atoms with Crippen LogP contribution in [0.15, 0.2) is 18.2 Å². The monoisotopic (exact) mass is 285 g/mol. The highest BCUT2D eigenvalue weighted by molar-refractivity contribution is 7.99. The summed E-state index contributed by atoms with van der Waals surface area (Å²) >= 11 is 1.93. The summed E-state index contributed by atoms with van der Waals surface area (Å²) in [5, 5.41) is 0. The second kappa shape index (κ2) is 7.01. The molecule has 0 amide bonds. The number of hydrogen-bond donors (Lipinski definition) is 0. The highest BCUT2D eigenvalue weighted by Crippen LogP contribution is 2.13. The lowest BCUT2D eigenvalue weighted by atomic mass is 10.1. The molecule has 0 spiro atoms. The topological polar surface area (TPSA) is 20.3 Å². The van der Waals surface area contributed by atoms with Crippen LogP contribution in [0.3, 0.4) is 0 Å². The molecule has 1 aromatic carbocycles. The predicted octanol–water partition coefficient (Wildman–Crippen LogP) is 2.98. The van der Waals surface area contributed by atoms with Crippen LogP contribution in [0, 0.1) is 11.6 Å². The summed E-state index contributed by atoms with van der Waals surface area (Å²) in [5.41, 5.74) is 0.127. The number of ketones is 1. The number of halogens is 2. The zero-order chi connectivity index (χ0) is 13.7. The molecule has 0 bridgehead atoms. The van der Waals surface area contributed by atoms with E-state index in [0.717, 1.165) is 43.5 Å². The van der Waals surface area contributed by atoms with Gasteiger partial charge in [-0.1, -0.05) is 0 Å². The third-order valence-electron chi connectivity index (χ3n) is 3.15. The Labute approximate surface area is 116 Å². The molecule has 1 saturated heterocycles. The third-order valence-corrected chi connectivity index (χ3v) is 4.20. The maximum atomic E-state index is 13.0. The molecule has 104 valence electrons. The highest BCUT2D eigenvalue weighted by atomic mass is 32.2. The van der Waals surface area contributed by atoms with Crippen LogP contribution >= 0.6 is 11.8 Å². The van der Waals surface area contributed by atoms with E-state index in [1.165, 1.54) is 5.75 Å². The molecular weight excluding hydrogens is 268 g/mol. The maximum absolute atomic E-state index is 13.0. The standard InChI is InChI=1S/C14H17F2NOS/c15-12-8-11(9-13(16)10-12)14(18)2-4-17-3-1-6-19-7-5-17/h8-10H,1-7H2. The number of rotatable bonds is 4. The fourth-order valence-corrected chi connectivity index (χ4v) is 3.06. The van der Waals surface area contributed by atoms with Crippen LogP contribution in [-0.4, -0.2) is 41.8 Å². The molecule has 2 nitrogen and oxygen atoms in total. The van der Waals surface area contributed by atoms with Crippen molar-refractivity contribution in [2.75, 3.05) is 31.1 Å². The SMILES string of the molecule is O=C(CCN1CCCSCC1)c1cc(F)cc(F)c1. The van der Waals surface area contributed by atoms with E-state index in [4.69, 9.17) is 0 Å².